The fourth-order valence-electron chi connectivity index (χ4n) is 1.18. The van der Waals surface area contributed by atoms with E-state index in [2.05, 4.69) is 10.6 Å². The summed E-state index contributed by atoms with van der Waals surface area (Å²) < 4.78 is 0. The van der Waals surface area contributed by atoms with Gasteiger partial charge < -0.3 is 22.1 Å². The van der Waals surface area contributed by atoms with E-state index in [0.29, 0.717) is 13.1 Å². The van der Waals surface area contributed by atoms with Gasteiger partial charge in [0.25, 0.3) is 0 Å². The SMILES string of the molecule is NCC1(CN)CNCCN1. The van der Waals surface area contributed by atoms with Crippen LogP contribution in [0.1, 0.15) is 0 Å². The molecule has 1 saturated heterocycles. The first-order valence-electron chi connectivity index (χ1n) is 3.69. The Kier molecular flexibility index (Phi) is 2.62. The molecule has 0 aliphatic carbocycles. The highest BCUT2D eigenvalue weighted by atomic mass is 15.1. The molecular weight excluding hydrogens is 128 g/mol. The monoisotopic (exact) mass is 144 g/mol. The van der Waals surface area contributed by atoms with Crippen molar-refractivity contribution in [3.8, 4) is 0 Å². The summed E-state index contributed by atoms with van der Waals surface area (Å²) in [6.07, 6.45) is 0. The second-order valence-electron chi connectivity index (χ2n) is 2.79. The second kappa shape index (κ2) is 3.30. The van der Waals surface area contributed by atoms with Gasteiger partial charge in [-0.25, -0.2) is 0 Å². The minimum Gasteiger partial charge on any atom is -0.329 e. The van der Waals surface area contributed by atoms with E-state index in [0.717, 1.165) is 19.6 Å². The summed E-state index contributed by atoms with van der Waals surface area (Å²) in [5.41, 5.74) is 11.1. The van der Waals surface area contributed by atoms with Crippen molar-refractivity contribution < 1.29 is 0 Å². The predicted octanol–water partition coefficient (Wildman–Crippen LogP) is -2.16. The van der Waals surface area contributed by atoms with Crippen molar-refractivity contribution in [2.75, 3.05) is 32.7 Å². The fourth-order valence-corrected chi connectivity index (χ4v) is 1.18. The van der Waals surface area contributed by atoms with Crippen LogP contribution in [-0.2, 0) is 0 Å². The van der Waals surface area contributed by atoms with Gasteiger partial charge in [0.05, 0.1) is 5.54 Å². The topological polar surface area (TPSA) is 76.1 Å². The van der Waals surface area contributed by atoms with Crippen LogP contribution in [0.25, 0.3) is 0 Å². The lowest BCUT2D eigenvalue weighted by Crippen LogP contribution is -2.66. The molecule has 1 heterocycles. The van der Waals surface area contributed by atoms with E-state index < -0.39 is 0 Å². The van der Waals surface area contributed by atoms with E-state index in [-0.39, 0.29) is 5.54 Å². The Labute approximate surface area is 61.3 Å². The van der Waals surface area contributed by atoms with E-state index in [4.69, 9.17) is 11.5 Å². The van der Waals surface area contributed by atoms with Crippen LogP contribution in [-0.4, -0.2) is 38.3 Å². The lowest BCUT2D eigenvalue weighted by molar-refractivity contribution is 0.287. The molecule has 0 aromatic carbocycles. The smallest absolute Gasteiger partial charge is 0.0554 e. The number of nitrogens with one attached hydrogen (secondary N) is 2. The van der Waals surface area contributed by atoms with Gasteiger partial charge in [-0.2, -0.15) is 0 Å². The lowest BCUT2D eigenvalue weighted by atomic mass is 9.98. The third-order valence-electron chi connectivity index (χ3n) is 2.05. The first-order chi connectivity index (χ1) is 4.83. The molecule has 1 fully saturated rings. The van der Waals surface area contributed by atoms with Crippen LogP contribution in [0.15, 0.2) is 0 Å². The van der Waals surface area contributed by atoms with Gasteiger partial charge in [-0.3, -0.25) is 0 Å². The van der Waals surface area contributed by atoms with Gasteiger partial charge in [0.15, 0.2) is 0 Å². The molecule has 0 saturated carbocycles. The molecule has 1 aliphatic heterocycles. The molecule has 0 radical (unpaired) electrons. The Bertz CT molecular complexity index is 91.9. The first kappa shape index (κ1) is 7.94. The number of hydrogen-bond acceptors (Lipinski definition) is 4. The van der Waals surface area contributed by atoms with Gasteiger partial charge >= 0.3 is 0 Å². The van der Waals surface area contributed by atoms with E-state index in [1.54, 1.807) is 0 Å². The highest BCUT2D eigenvalue weighted by Gasteiger charge is 2.27. The van der Waals surface area contributed by atoms with Gasteiger partial charge in [0.2, 0.25) is 0 Å². The van der Waals surface area contributed by atoms with Crippen LogP contribution >= 0.6 is 0 Å². The maximum absolute atomic E-state index is 5.57. The quantitative estimate of drug-likeness (QED) is 0.356. The Morgan fingerprint density at radius 2 is 1.90 bits per heavy atom. The molecule has 0 bridgehead atoms. The van der Waals surface area contributed by atoms with Gasteiger partial charge in [-0.1, -0.05) is 0 Å². The van der Waals surface area contributed by atoms with E-state index in [1.165, 1.54) is 0 Å². The Hall–Kier alpha value is -0.160. The largest absolute Gasteiger partial charge is 0.329 e. The molecule has 0 unspecified atom stereocenters. The molecule has 4 heteroatoms. The summed E-state index contributed by atoms with van der Waals surface area (Å²) in [5.74, 6) is 0. The van der Waals surface area contributed by atoms with Crippen molar-refractivity contribution in [2.45, 2.75) is 5.54 Å². The molecule has 0 atom stereocenters. The third-order valence-corrected chi connectivity index (χ3v) is 2.05. The van der Waals surface area contributed by atoms with Crippen molar-refractivity contribution in [2.24, 2.45) is 11.5 Å². The molecule has 6 N–H and O–H groups in total. The van der Waals surface area contributed by atoms with Gasteiger partial charge in [-0.05, 0) is 0 Å². The molecule has 0 aromatic heterocycles. The molecular formula is C6H16N4. The highest BCUT2D eigenvalue weighted by molar-refractivity contribution is 4.95. The number of nitrogens with two attached hydrogens (primary N) is 2. The molecule has 60 valence electrons. The van der Waals surface area contributed by atoms with E-state index >= 15 is 0 Å². The molecule has 0 spiro atoms. The van der Waals surface area contributed by atoms with Crippen molar-refractivity contribution in [1.82, 2.24) is 10.6 Å². The average molecular weight is 144 g/mol. The summed E-state index contributed by atoms with van der Waals surface area (Å²) in [7, 11) is 0. The minimum absolute atomic E-state index is 0.0434. The molecule has 0 amide bonds. The maximum Gasteiger partial charge on any atom is 0.0554 e. The van der Waals surface area contributed by atoms with Crippen LogP contribution in [0.3, 0.4) is 0 Å². The summed E-state index contributed by atoms with van der Waals surface area (Å²) in [6.45, 7) is 4.09. The lowest BCUT2D eigenvalue weighted by Gasteiger charge is -2.36. The number of piperazine rings is 1. The van der Waals surface area contributed by atoms with Gasteiger partial charge in [-0.15, -0.1) is 0 Å². The zero-order valence-corrected chi connectivity index (χ0v) is 6.19. The average Bonchev–Trinajstić information content (AvgIpc) is 2.06. The first-order valence-corrected chi connectivity index (χ1v) is 3.69. The van der Waals surface area contributed by atoms with Crippen molar-refractivity contribution in [3.63, 3.8) is 0 Å². The standard InChI is InChI=1S/C6H16N4/c7-3-6(4-8)5-9-1-2-10-6/h9-10H,1-5,7-8H2. The maximum atomic E-state index is 5.57. The van der Waals surface area contributed by atoms with Gasteiger partial charge in [0, 0.05) is 32.7 Å². The Morgan fingerprint density at radius 3 is 2.20 bits per heavy atom. The molecule has 4 nitrogen and oxygen atoms in total. The normalized spacial score (nSPS) is 24.6. The Balaban J connectivity index is 2.44. The summed E-state index contributed by atoms with van der Waals surface area (Å²) in [4.78, 5) is 0. The molecule has 0 aromatic rings. The van der Waals surface area contributed by atoms with Crippen LogP contribution < -0.4 is 22.1 Å². The van der Waals surface area contributed by atoms with Crippen molar-refractivity contribution in [3.05, 3.63) is 0 Å². The van der Waals surface area contributed by atoms with E-state index in [9.17, 15) is 0 Å². The van der Waals surface area contributed by atoms with Gasteiger partial charge in [0.1, 0.15) is 0 Å². The van der Waals surface area contributed by atoms with Crippen LogP contribution in [0, 0.1) is 0 Å². The summed E-state index contributed by atoms with van der Waals surface area (Å²) in [5, 5.41) is 6.57. The molecule has 1 rings (SSSR count). The number of rotatable bonds is 2. The highest BCUT2D eigenvalue weighted by Crippen LogP contribution is 2.00. The zero-order valence-electron chi connectivity index (χ0n) is 6.19. The number of hydrogen-bond donors (Lipinski definition) is 4. The minimum atomic E-state index is -0.0434. The summed E-state index contributed by atoms with van der Waals surface area (Å²) >= 11 is 0. The molecule has 1 aliphatic rings. The van der Waals surface area contributed by atoms with Crippen LogP contribution in [0.4, 0.5) is 0 Å². The van der Waals surface area contributed by atoms with Crippen molar-refractivity contribution >= 4 is 0 Å². The van der Waals surface area contributed by atoms with Crippen LogP contribution in [0.5, 0.6) is 0 Å². The second-order valence-corrected chi connectivity index (χ2v) is 2.79. The summed E-state index contributed by atoms with van der Waals surface area (Å²) in [6, 6.07) is 0. The molecule has 10 heavy (non-hydrogen) atoms. The van der Waals surface area contributed by atoms with E-state index in [1.807, 2.05) is 0 Å². The Morgan fingerprint density at radius 1 is 1.20 bits per heavy atom. The third kappa shape index (κ3) is 1.46. The van der Waals surface area contributed by atoms with Crippen LogP contribution in [0.2, 0.25) is 0 Å². The van der Waals surface area contributed by atoms with Crippen molar-refractivity contribution in [1.29, 1.82) is 0 Å². The zero-order chi connectivity index (χ0) is 7.45. The fraction of sp³-hybridized carbons (Fsp3) is 1.00. The predicted molar refractivity (Wildman–Crippen MR) is 41.7 cm³/mol.